The molecule has 0 aliphatic heterocycles. The minimum atomic E-state index is -1.50. The number of benzene rings is 3. The number of hydrogen-bond acceptors (Lipinski definition) is 15. The fourth-order valence-electron chi connectivity index (χ4n) is 3.57. The van der Waals surface area contributed by atoms with Crippen LogP contribution in [0.5, 0.6) is 0 Å². The molecule has 0 unspecified atom stereocenters. The van der Waals surface area contributed by atoms with Gasteiger partial charge < -0.3 is 14.2 Å². The maximum absolute atomic E-state index is 12.2. The average molecular weight is 669 g/mol. The molecule has 15 nitrogen and oxygen atoms in total. The van der Waals surface area contributed by atoms with E-state index in [0.29, 0.717) is 0 Å². The quantitative estimate of drug-likeness (QED) is 0.105. The molecule has 0 aliphatic rings. The highest BCUT2D eigenvalue weighted by Crippen LogP contribution is 2.25. The van der Waals surface area contributed by atoms with Crippen molar-refractivity contribution in [1.82, 2.24) is 0 Å². The predicted octanol–water partition coefficient (Wildman–Crippen LogP) is 6.08. The molecule has 0 N–H and O–H groups in total. The first kappa shape index (κ1) is 36.3. The molecule has 15 heteroatoms. The van der Waals surface area contributed by atoms with Crippen molar-refractivity contribution < 1.29 is 72.3 Å². The van der Waals surface area contributed by atoms with Crippen LogP contribution in [0.4, 0.5) is 14.4 Å². The predicted molar refractivity (Wildman–Crippen MR) is 160 cm³/mol. The Bertz CT molecular complexity index is 1390. The normalized spacial score (nSPS) is 10.5. The van der Waals surface area contributed by atoms with Gasteiger partial charge in [0, 0.05) is 0 Å². The Morgan fingerprint density at radius 2 is 0.688 bits per heavy atom. The molecule has 0 radical (unpaired) electrons. The summed E-state index contributed by atoms with van der Waals surface area (Å²) in [5.41, 5.74) is 1.44. The fraction of sp³-hybridized carbons (Fsp3) is 0.273. The van der Waals surface area contributed by atoms with Gasteiger partial charge in [-0.1, -0.05) is 60.0 Å². The molecule has 0 aliphatic carbocycles. The molecule has 0 atom stereocenters. The first-order chi connectivity index (χ1) is 22.9. The third-order valence-corrected chi connectivity index (χ3v) is 6.66. The molecule has 3 rings (SSSR count). The smallest absolute Gasteiger partial charge is 0.431 e. The summed E-state index contributed by atoms with van der Waals surface area (Å²) in [5, 5.41) is 0. The van der Waals surface area contributed by atoms with Crippen molar-refractivity contribution in [3.8, 4) is 0 Å². The number of aryl methyl sites for hydroxylation is 3. The van der Waals surface area contributed by atoms with Gasteiger partial charge in [-0.05, 0) is 63.6 Å². The summed E-state index contributed by atoms with van der Waals surface area (Å²) in [5.74, 6) is -2.94. The third kappa shape index (κ3) is 11.7. The number of ether oxygens (including phenoxy) is 3. The van der Waals surface area contributed by atoms with Crippen LogP contribution in [0.25, 0.3) is 0 Å². The zero-order valence-electron chi connectivity index (χ0n) is 26.4. The summed E-state index contributed by atoms with van der Waals surface area (Å²) < 4.78 is 15.1. The van der Waals surface area contributed by atoms with Gasteiger partial charge in [0.05, 0.1) is 22.1 Å². The Labute approximate surface area is 274 Å². The van der Waals surface area contributed by atoms with Gasteiger partial charge >= 0.3 is 36.4 Å². The summed E-state index contributed by atoms with van der Waals surface area (Å²) in [4.78, 5) is 99.9. The standard InChI is InChI=1S/C33H32O15/c1-5-33(18-40-30(37)46-43-27(34)24-12-6-21(2)7-13-24,19-41-31(38)47-44-28(35)25-14-8-22(3)9-15-25)20-42-32(39)48-45-29(36)26-16-10-23(4)11-17-26/h6-17H,5,18-20H2,1-4H3. The zero-order valence-corrected chi connectivity index (χ0v) is 26.4. The lowest BCUT2D eigenvalue weighted by molar-refractivity contribution is -0.217. The summed E-state index contributed by atoms with van der Waals surface area (Å²) in [7, 11) is 0. The van der Waals surface area contributed by atoms with Gasteiger partial charge in [-0.25, -0.2) is 43.7 Å². The minimum absolute atomic E-state index is 0.0102. The number of rotatable bonds is 10. The van der Waals surface area contributed by atoms with Crippen LogP contribution in [0.1, 0.15) is 61.1 Å². The maximum Gasteiger partial charge on any atom is 0.549 e. The SMILES string of the molecule is CCC(COC(=O)OOC(=O)c1ccc(C)cc1)(COC(=O)OOC(=O)c1ccc(C)cc1)COC(=O)OOC(=O)c1ccc(C)cc1. The Morgan fingerprint density at radius 1 is 0.438 bits per heavy atom. The third-order valence-electron chi connectivity index (χ3n) is 6.66. The monoisotopic (exact) mass is 668 g/mol. The van der Waals surface area contributed by atoms with E-state index in [1.807, 2.05) is 20.8 Å². The molecule has 0 aromatic heterocycles. The van der Waals surface area contributed by atoms with Crippen LogP contribution in [-0.4, -0.2) is 56.2 Å². The van der Waals surface area contributed by atoms with Crippen LogP contribution in [-0.2, 0) is 43.5 Å². The van der Waals surface area contributed by atoms with Crippen molar-refractivity contribution in [2.75, 3.05) is 19.8 Å². The molecule has 3 aromatic rings. The Hall–Kier alpha value is -6.12. The van der Waals surface area contributed by atoms with Gasteiger partial charge in [-0.2, -0.15) is 14.4 Å². The van der Waals surface area contributed by atoms with E-state index in [2.05, 4.69) is 29.3 Å². The number of carbonyl (C=O) groups is 6. The van der Waals surface area contributed by atoms with Crippen molar-refractivity contribution in [2.45, 2.75) is 34.1 Å². The van der Waals surface area contributed by atoms with Crippen molar-refractivity contribution in [3.63, 3.8) is 0 Å². The van der Waals surface area contributed by atoms with Crippen LogP contribution in [0.15, 0.2) is 72.8 Å². The summed E-state index contributed by atoms with van der Waals surface area (Å²) in [6.45, 7) is 5.07. The first-order valence-electron chi connectivity index (χ1n) is 14.3. The lowest BCUT2D eigenvalue weighted by Gasteiger charge is -2.29. The van der Waals surface area contributed by atoms with Crippen LogP contribution < -0.4 is 0 Å². The second-order valence-corrected chi connectivity index (χ2v) is 10.4. The molecule has 0 heterocycles. The minimum Gasteiger partial charge on any atom is -0.431 e. The second-order valence-electron chi connectivity index (χ2n) is 10.4. The summed E-state index contributed by atoms with van der Waals surface area (Å²) in [6, 6.07) is 18.6. The highest BCUT2D eigenvalue weighted by molar-refractivity contribution is 5.90. The van der Waals surface area contributed by atoms with Crippen LogP contribution in [0.3, 0.4) is 0 Å². The number of hydrogen-bond donors (Lipinski definition) is 0. The topological polar surface area (TPSA) is 185 Å². The summed E-state index contributed by atoms with van der Waals surface area (Å²) >= 11 is 0. The van der Waals surface area contributed by atoms with Gasteiger partial charge in [-0.15, -0.1) is 0 Å². The molecule has 0 spiro atoms. The fourth-order valence-corrected chi connectivity index (χ4v) is 3.57. The summed E-state index contributed by atoms with van der Waals surface area (Å²) in [6.07, 6.45) is -4.37. The van der Waals surface area contributed by atoms with E-state index in [4.69, 9.17) is 14.2 Å². The highest BCUT2D eigenvalue weighted by Gasteiger charge is 2.36. The highest BCUT2D eigenvalue weighted by atomic mass is 17.2. The van der Waals surface area contributed by atoms with E-state index in [9.17, 15) is 28.8 Å². The zero-order chi connectivity index (χ0) is 35.1. The Kier molecular flexibility index (Phi) is 13.3. The van der Waals surface area contributed by atoms with E-state index >= 15 is 0 Å². The Balaban J connectivity index is 1.58. The van der Waals surface area contributed by atoms with Gasteiger partial charge in [0.1, 0.15) is 19.8 Å². The Morgan fingerprint density at radius 3 is 0.917 bits per heavy atom. The van der Waals surface area contributed by atoms with Crippen molar-refractivity contribution in [2.24, 2.45) is 5.41 Å². The second kappa shape index (κ2) is 17.5. The van der Waals surface area contributed by atoms with E-state index in [0.717, 1.165) is 16.7 Å². The molecule has 0 fully saturated rings. The average Bonchev–Trinajstić information content (AvgIpc) is 3.09. The molecule has 0 bridgehead atoms. The molecular weight excluding hydrogens is 636 g/mol. The van der Waals surface area contributed by atoms with E-state index < -0.39 is 61.6 Å². The molecule has 254 valence electrons. The molecule has 3 aromatic carbocycles. The first-order valence-corrected chi connectivity index (χ1v) is 14.3. The van der Waals surface area contributed by atoms with E-state index in [1.165, 1.54) is 36.4 Å². The maximum atomic E-state index is 12.2. The van der Waals surface area contributed by atoms with Crippen LogP contribution in [0.2, 0.25) is 0 Å². The van der Waals surface area contributed by atoms with Crippen molar-refractivity contribution >= 4 is 36.4 Å². The van der Waals surface area contributed by atoms with Gasteiger partial charge in [0.2, 0.25) is 0 Å². The van der Waals surface area contributed by atoms with E-state index in [-0.39, 0.29) is 23.1 Å². The largest absolute Gasteiger partial charge is 0.549 e. The van der Waals surface area contributed by atoms with Crippen LogP contribution in [0, 0.1) is 26.2 Å². The van der Waals surface area contributed by atoms with Gasteiger partial charge in [-0.3, -0.25) is 0 Å². The lowest BCUT2D eigenvalue weighted by atomic mass is 9.88. The van der Waals surface area contributed by atoms with Gasteiger partial charge in [0.25, 0.3) is 0 Å². The van der Waals surface area contributed by atoms with Gasteiger partial charge in [0.15, 0.2) is 0 Å². The molecule has 0 amide bonds. The lowest BCUT2D eigenvalue weighted by Crippen LogP contribution is -2.39. The van der Waals surface area contributed by atoms with Crippen molar-refractivity contribution in [1.29, 1.82) is 0 Å². The van der Waals surface area contributed by atoms with Crippen LogP contribution >= 0.6 is 0 Å². The van der Waals surface area contributed by atoms with E-state index in [1.54, 1.807) is 43.3 Å². The molecule has 48 heavy (non-hydrogen) atoms. The molecular formula is C33H32O15. The number of carbonyl (C=O) groups excluding carboxylic acids is 6. The molecule has 0 saturated heterocycles. The van der Waals surface area contributed by atoms with Crippen molar-refractivity contribution in [3.05, 3.63) is 106 Å². The molecule has 0 saturated carbocycles.